The molecule has 1 aliphatic carbocycles. The van der Waals surface area contributed by atoms with Gasteiger partial charge in [0.05, 0.1) is 0 Å². The number of fused-ring (bicyclic) bond motifs is 2. The molecule has 1 heterocycles. The Kier molecular flexibility index (Phi) is 2.59. The van der Waals surface area contributed by atoms with Gasteiger partial charge < -0.3 is 5.11 Å². The van der Waals surface area contributed by atoms with Gasteiger partial charge in [0, 0.05) is 24.7 Å². The van der Waals surface area contributed by atoms with Gasteiger partial charge in [-0.3, -0.25) is 4.90 Å². The lowest BCUT2D eigenvalue weighted by molar-refractivity contribution is -0.132. The molecule has 0 aromatic rings. The van der Waals surface area contributed by atoms with E-state index in [4.69, 9.17) is 5.11 Å². The van der Waals surface area contributed by atoms with E-state index in [-0.39, 0.29) is 0 Å². The van der Waals surface area contributed by atoms with Gasteiger partial charge in [-0.25, -0.2) is 4.79 Å². The summed E-state index contributed by atoms with van der Waals surface area (Å²) in [5.74, 6) is 0.0906. The van der Waals surface area contributed by atoms with Gasteiger partial charge in [0.1, 0.15) is 0 Å². The Morgan fingerprint density at radius 2 is 2.36 bits per heavy atom. The van der Waals surface area contributed by atoms with Crippen LogP contribution in [0.4, 0.5) is 0 Å². The van der Waals surface area contributed by atoms with Crippen molar-refractivity contribution in [1.82, 2.24) is 4.90 Å². The number of carbonyl (C=O) groups is 1. The largest absolute Gasteiger partial charge is 0.478 e. The molecule has 0 aromatic heterocycles. The van der Waals surface area contributed by atoms with E-state index < -0.39 is 5.97 Å². The fourth-order valence-corrected chi connectivity index (χ4v) is 2.59. The van der Waals surface area contributed by atoms with Crippen molar-refractivity contribution in [3.8, 4) is 0 Å². The molecule has 14 heavy (non-hydrogen) atoms. The summed E-state index contributed by atoms with van der Waals surface area (Å²) in [5, 5.41) is 8.70. The highest BCUT2D eigenvalue weighted by molar-refractivity contribution is 5.85. The summed E-state index contributed by atoms with van der Waals surface area (Å²) < 4.78 is 0. The van der Waals surface area contributed by atoms with Crippen LogP contribution in [0.5, 0.6) is 0 Å². The smallest absolute Gasteiger partial charge is 0.330 e. The molecule has 1 aliphatic heterocycles. The average Bonchev–Trinajstić information content (AvgIpc) is 2.74. The maximum absolute atomic E-state index is 10.6. The normalized spacial score (nSPS) is 32.5. The highest BCUT2D eigenvalue weighted by Gasteiger charge is 2.36. The average molecular weight is 195 g/mol. The van der Waals surface area contributed by atoms with Crippen LogP contribution in [0.25, 0.3) is 0 Å². The third kappa shape index (κ3) is 1.82. The van der Waals surface area contributed by atoms with Crippen molar-refractivity contribution in [2.24, 2.45) is 5.92 Å². The number of carboxylic acid groups (broad SMARTS) is 1. The van der Waals surface area contributed by atoms with Crippen molar-refractivity contribution in [3.63, 3.8) is 0 Å². The van der Waals surface area contributed by atoms with Gasteiger partial charge in [-0.2, -0.15) is 0 Å². The first-order valence-electron chi connectivity index (χ1n) is 5.31. The van der Waals surface area contributed by atoms with E-state index in [1.54, 1.807) is 6.92 Å². The number of nitrogens with zero attached hydrogens (tertiary/aromatic N) is 1. The molecule has 1 N–H and O–H groups in total. The predicted octanol–water partition coefficient (Wildman–Crippen LogP) is 1.50. The van der Waals surface area contributed by atoms with Crippen LogP contribution in [0.3, 0.4) is 0 Å². The number of rotatable bonds is 3. The quantitative estimate of drug-likeness (QED) is 0.694. The Labute approximate surface area is 84.4 Å². The number of hydrogen-bond donors (Lipinski definition) is 1. The zero-order valence-corrected chi connectivity index (χ0v) is 8.57. The van der Waals surface area contributed by atoms with Gasteiger partial charge in [0.2, 0.25) is 0 Å². The second-order valence-corrected chi connectivity index (χ2v) is 4.48. The molecule has 0 amide bonds. The molecule has 2 fully saturated rings. The number of likely N-dealkylation sites (tertiary alicyclic amines) is 1. The number of carboxylic acids is 1. The monoisotopic (exact) mass is 195 g/mol. The summed E-state index contributed by atoms with van der Waals surface area (Å²) in [4.78, 5) is 13.0. The van der Waals surface area contributed by atoms with Crippen LogP contribution in [0.1, 0.15) is 26.2 Å². The molecular weight excluding hydrogens is 178 g/mol. The van der Waals surface area contributed by atoms with Gasteiger partial charge in [0.15, 0.2) is 0 Å². The summed E-state index contributed by atoms with van der Waals surface area (Å²) >= 11 is 0. The minimum atomic E-state index is -0.797. The molecule has 78 valence electrons. The third-order valence-electron chi connectivity index (χ3n) is 3.49. The summed E-state index contributed by atoms with van der Waals surface area (Å²) in [6.07, 6.45) is 5.86. The first kappa shape index (κ1) is 9.71. The molecule has 0 aromatic carbocycles. The van der Waals surface area contributed by atoms with Gasteiger partial charge in [0.25, 0.3) is 0 Å². The van der Waals surface area contributed by atoms with Crippen LogP contribution < -0.4 is 0 Å². The highest BCUT2D eigenvalue weighted by Crippen LogP contribution is 2.36. The first-order chi connectivity index (χ1) is 6.66. The first-order valence-corrected chi connectivity index (χ1v) is 5.31. The summed E-state index contributed by atoms with van der Waals surface area (Å²) in [6.45, 7) is 3.66. The summed E-state index contributed by atoms with van der Waals surface area (Å²) in [5.41, 5.74) is 0.466. The number of aliphatic carboxylic acids is 1. The molecule has 0 radical (unpaired) electrons. The summed E-state index contributed by atoms with van der Waals surface area (Å²) in [6, 6.07) is 0.734. The lowest BCUT2D eigenvalue weighted by Crippen LogP contribution is -2.32. The topological polar surface area (TPSA) is 40.5 Å². The van der Waals surface area contributed by atoms with E-state index in [1.165, 1.54) is 25.8 Å². The predicted molar refractivity (Wildman–Crippen MR) is 54.1 cm³/mol. The SMILES string of the molecule is C/C(=C\CN1CC2CCC1C2)C(=O)O. The van der Waals surface area contributed by atoms with E-state index in [9.17, 15) is 4.79 Å². The minimum absolute atomic E-state index is 0.466. The number of piperidine rings is 1. The van der Waals surface area contributed by atoms with Crippen LogP contribution in [0, 0.1) is 5.92 Å². The highest BCUT2D eigenvalue weighted by atomic mass is 16.4. The maximum atomic E-state index is 10.6. The Balaban J connectivity index is 1.87. The van der Waals surface area contributed by atoms with Crippen LogP contribution in [-0.2, 0) is 4.79 Å². The molecule has 0 spiro atoms. The molecule has 3 heteroatoms. The second kappa shape index (κ2) is 3.73. The molecule has 2 atom stereocenters. The van der Waals surface area contributed by atoms with E-state index in [0.29, 0.717) is 5.57 Å². The maximum Gasteiger partial charge on any atom is 0.330 e. The molecule has 2 unspecified atom stereocenters. The Hall–Kier alpha value is -0.830. The molecular formula is C11H17NO2. The third-order valence-corrected chi connectivity index (χ3v) is 3.49. The lowest BCUT2D eigenvalue weighted by Gasteiger charge is -2.25. The van der Waals surface area contributed by atoms with Gasteiger partial charge in [-0.15, -0.1) is 0 Å². The van der Waals surface area contributed by atoms with Crippen molar-refractivity contribution >= 4 is 5.97 Å². The molecule has 3 nitrogen and oxygen atoms in total. The van der Waals surface area contributed by atoms with Crippen molar-refractivity contribution in [2.75, 3.05) is 13.1 Å². The van der Waals surface area contributed by atoms with E-state index in [1.807, 2.05) is 6.08 Å². The van der Waals surface area contributed by atoms with E-state index in [0.717, 1.165) is 18.5 Å². The zero-order chi connectivity index (χ0) is 10.1. The van der Waals surface area contributed by atoms with Gasteiger partial charge >= 0.3 is 5.97 Å². The molecule has 1 saturated heterocycles. The minimum Gasteiger partial charge on any atom is -0.478 e. The Morgan fingerprint density at radius 3 is 2.86 bits per heavy atom. The van der Waals surface area contributed by atoms with Crippen LogP contribution in [-0.4, -0.2) is 35.1 Å². The zero-order valence-electron chi connectivity index (χ0n) is 8.57. The fourth-order valence-electron chi connectivity index (χ4n) is 2.59. The molecule has 2 aliphatic rings. The molecule has 2 bridgehead atoms. The van der Waals surface area contributed by atoms with Gasteiger partial charge in [-0.1, -0.05) is 6.08 Å². The van der Waals surface area contributed by atoms with Crippen LogP contribution >= 0.6 is 0 Å². The van der Waals surface area contributed by atoms with Crippen molar-refractivity contribution < 1.29 is 9.90 Å². The second-order valence-electron chi connectivity index (χ2n) is 4.48. The standard InChI is InChI=1S/C11H17NO2/c1-8(11(13)14)4-5-12-7-9-2-3-10(12)6-9/h4,9-10H,2-3,5-7H2,1H3,(H,13,14)/b8-4+. The van der Waals surface area contributed by atoms with E-state index in [2.05, 4.69) is 4.90 Å². The van der Waals surface area contributed by atoms with Crippen molar-refractivity contribution in [2.45, 2.75) is 32.2 Å². The van der Waals surface area contributed by atoms with E-state index >= 15 is 0 Å². The number of hydrogen-bond acceptors (Lipinski definition) is 2. The van der Waals surface area contributed by atoms with Crippen molar-refractivity contribution in [1.29, 1.82) is 0 Å². The molecule has 1 saturated carbocycles. The van der Waals surface area contributed by atoms with Gasteiger partial charge in [-0.05, 0) is 32.1 Å². The Bertz CT molecular complexity index is 272. The molecule has 2 rings (SSSR count). The van der Waals surface area contributed by atoms with Crippen LogP contribution in [0.2, 0.25) is 0 Å². The van der Waals surface area contributed by atoms with Crippen molar-refractivity contribution in [3.05, 3.63) is 11.6 Å². The van der Waals surface area contributed by atoms with Crippen LogP contribution in [0.15, 0.2) is 11.6 Å². The fraction of sp³-hybridized carbons (Fsp3) is 0.727. The Morgan fingerprint density at radius 1 is 1.57 bits per heavy atom. The lowest BCUT2D eigenvalue weighted by atomic mass is 10.1. The summed E-state index contributed by atoms with van der Waals surface area (Å²) in [7, 11) is 0.